The van der Waals surface area contributed by atoms with Crippen LogP contribution in [0.2, 0.25) is 0 Å². The summed E-state index contributed by atoms with van der Waals surface area (Å²) >= 11 is 0. The van der Waals surface area contributed by atoms with Gasteiger partial charge in [0.1, 0.15) is 0 Å². The Morgan fingerprint density at radius 3 is 1.54 bits per heavy atom. The summed E-state index contributed by atoms with van der Waals surface area (Å²) in [5, 5.41) is 0. The standard InChI is InChI=1S/C26H47N.ClH/c1-4-7-8-9-10-11-12-13-14-15-16-20-23-25(26(27,5-2)6-3)24-21-18-17-19-22-24;/h17-19,21-22,25H,4-16,20,23,27H2,1-3H3;1H. The van der Waals surface area contributed by atoms with Crippen molar-refractivity contribution < 1.29 is 0 Å². The van der Waals surface area contributed by atoms with Gasteiger partial charge in [-0.25, -0.2) is 0 Å². The molecule has 0 aliphatic heterocycles. The summed E-state index contributed by atoms with van der Waals surface area (Å²) in [5.41, 5.74) is 8.19. The van der Waals surface area contributed by atoms with Gasteiger partial charge in [0.15, 0.2) is 0 Å². The van der Waals surface area contributed by atoms with E-state index >= 15 is 0 Å². The lowest BCUT2D eigenvalue weighted by Crippen LogP contribution is -2.44. The van der Waals surface area contributed by atoms with Crippen molar-refractivity contribution in [1.82, 2.24) is 0 Å². The molecule has 0 spiro atoms. The van der Waals surface area contributed by atoms with Crippen molar-refractivity contribution in [2.24, 2.45) is 5.73 Å². The van der Waals surface area contributed by atoms with Gasteiger partial charge in [-0.3, -0.25) is 0 Å². The third-order valence-corrected chi connectivity index (χ3v) is 6.56. The molecule has 164 valence electrons. The second-order valence-electron chi connectivity index (χ2n) is 8.58. The fourth-order valence-corrected chi connectivity index (χ4v) is 4.40. The summed E-state index contributed by atoms with van der Waals surface area (Å²) < 4.78 is 0. The number of hydrogen-bond acceptors (Lipinski definition) is 1. The van der Waals surface area contributed by atoms with Gasteiger partial charge in [0.05, 0.1) is 0 Å². The van der Waals surface area contributed by atoms with Gasteiger partial charge in [-0.2, -0.15) is 0 Å². The molecule has 0 radical (unpaired) electrons. The second kappa shape index (κ2) is 17.3. The molecule has 0 aromatic heterocycles. The van der Waals surface area contributed by atoms with E-state index in [-0.39, 0.29) is 17.9 Å². The van der Waals surface area contributed by atoms with Crippen LogP contribution in [0.15, 0.2) is 30.3 Å². The fraction of sp³-hybridized carbons (Fsp3) is 0.769. The minimum atomic E-state index is -0.0564. The number of hydrogen-bond donors (Lipinski definition) is 1. The van der Waals surface area contributed by atoms with E-state index in [1.54, 1.807) is 0 Å². The molecule has 0 amide bonds. The smallest absolute Gasteiger partial charge is 0.0218 e. The van der Waals surface area contributed by atoms with Gasteiger partial charge in [0.2, 0.25) is 0 Å². The molecule has 1 unspecified atom stereocenters. The molecular weight excluding hydrogens is 362 g/mol. The van der Waals surface area contributed by atoms with Crippen molar-refractivity contribution in [1.29, 1.82) is 0 Å². The first-order valence-corrected chi connectivity index (χ1v) is 12.0. The van der Waals surface area contributed by atoms with Crippen LogP contribution in [0, 0.1) is 0 Å². The van der Waals surface area contributed by atoms with E-state index in [2.05, 4.69) is 51.1 Å². The number of rotatable bonds is 17. The lowest BCUT2D eigenvalue weighted by atomic mass is 9.73. The van der Waals surface area contributed by atoms with E-state index < -0.39 is 0 Å². The molecule has 1 aromatic rings. The minimum absolute atomic E-state index is 0. The van der Waals surface area contributed by atoms with E-state index in [4.69, 9.17) is 5.73 Å². The third kappa shape index (κ3) is 10.9. The molecule has 1 aromatic carbocycles. The molecule has 0 saturated carbocycles. The highest BCUT2D eigenvalue weighted by molar-refractivity contribution is 5.85. The van der Waals surface area contributed by atoms with Crippen LogP contribution in [0.3, 0.4) is 0 Å². The van der Waals surface area contributed by atoms with Gasteiger partial charge in [-0.15, -0.1) is 12.4 Å². The lowest BCUT2D eigenvalue weighted by Gasteiger charge is -2.37. The molecular formula is C26H48ClN. The van der Waals surface area contributed by atoms with E-state index in [0.717, 1.165) is 12.8 Å². The van der Waals surface area contributed by atoms with Crippen LogP contribution in [0.1, 0.15) is 129 Å². The molecule has 0 aliphatic rings. The van der Waals surface area contributed by atoms with E-state index in [1.165, 1.54) is 89.0 Å². The van der Waals surface area contributed by atoms with Crippen molar-refractivity contribution in [2.75, 3.05) is 0 Å². The summed E-state index contributed by atoms with van der Waals surface area (Å²) in [5.74, 6) is 0.497. The minimum Gasteiger partial charge on any atom is -0.325 e. The topological polar surface area (TPSA) is 26.0 Å². The Morgan fingerprint density at radius 1 is 0.679 bits per heavy atom. The van der Waals surface area contributed by atoms with Crippen LogP contribution >= 0.6 is 12.4 Å². The van der Waals surface area contributed by atoms with Gasteiger partial charge in [0, 0.05) is 11.5 Å². The van der Waals surface area contributed by atoms with Crippen molar-refractivity contribution in [3.05, 3.63) is 35.9 Å². The highest BCUT2D eigenvalue weighted by Crippen LogP contribution is 2.36. The zero-order valence-corrected chi connectivity index (χ0v) is 19.9. The van der Waals surface area contributed by atoms with Crippen LogP contribution in [-0.4, -0.2) is 5.54 Å². The summed E-state index contributed by atoms with van der Waals surface area (Å²) in [6.07, 6.45) is 20.3. The molecule has 1 rings (SSSR count). The summed E-state index contributed by atoms with van der Waals surface area (Å²) in [6, 6.07) is 11.0. The van der Waals surface area contributed by atoms with Crippen molar-refractivity contribution in [3.8, 4) is 0 Å². The first-order chi connectivity index (χ1) is 13.2. The normalized spacial score (nSPS) is 12.6. The number of unbranched alkanes of at least 4 members (excludes halogenated alkanes) is 11. The van der Waals surface area contributed by atoms with Gasteiger partial charge in [-0.1, -0.05) is 128 Å². The maximum atomic E-state index is 6.81. The SMILES string of the molecule is CCCCCCCCCCCCCCC(c1ccccc1)C(N)(CC)CC.Cl. The quantitative estimate of drug-likeness (QED) is 0.255. The van der Waals surface area contributed by atoms with Gasteiger partial charge < -0.3 is 5.73 Å². The molecule has 0 fully saturated rings. The predicted molar refractivity (Wildman–Crippen MR) is 130 cm³/mol. The maximum absolute atomic E-state index is 6.81. The molecule has 0 heterocycles. The fourth-order valence-electron chi connectivity index (χ4n) is 4.40. The highest BCUT2D eigenvalue weighted by atomic mass is 35.5. The van der Waals surface area contributed by atoms with Crippen LogP contribution in [0.25, 0.3) is 0 Å². The Balaban J connectivity index is 0.00000729. The highest BCUT2D eigenvalue weighted by Gasteiger charge is 2.32. The Morgan fingerprint density at radius 2 is 1.11 bits per heavy atom. The number of halogens is 1. The zero-order chi connectivity index (χ0) is 19.8. The lowest BCUT2D eigenvalue weighted by molar-refractivity contribution is 0.300. The summed E-state index contributed by atoms with van der Waals surface area (Å²) in [4.78, 5) is 0. The van der Waals surface area contributed by atoms with Crippen LogP contribution in [0.4, 0.5) is 0 Å². The Kier molecular flexibility index (Phi) is 17.0. The van der Waals surface area contributed by atoms with E-state index in [1.807, 2.05) is 0 Å². The first kappa shape index (κ1) is 27.5. The Labute approximate surface area is 182 Å². The largest absolute Gasteiger partial charge is 0.325 e. The average molecular weight is 410 g/mol. The maximum Gasteiger partial charge on any atom is 0.0218 e. The van der Waals surface area contributed by atoms with Gasteiger partial charge in [-0.05, 0) is 24.8 Å². The third-order valence-electron chi connectivity index (χ3n) is 6.56. The predicted octanol–water partition coefficient (Wildman–Crippen LogP) is 8.80. The van der Waals surface area contributed by atoms with Crippen molar-refractivity contribution >= 4 is 12.4 Å². The molecule has 0 bridgehead atoms. The first-order valence-electron chi connectivity index (χ1n) is 12.0. The van der Waals surface area contributed by atoms with Crippen LogP contribution < -0.4 is 5.73 Å². The van der Waals surface area contributed by atoms with E-state index in [9.17, 15) is 0 Å². The molecule has 28 heavy (non-hydrogen) atoms. The van der Waals surface area contributed by atoms with E-state index in [0.29, 0.717) is 5.92 Å². The van der Waals surface area contributed by atoms with Crippen molar-refractivity contribution in [3.63, 3.8) is 0 Å². The summed E-state index contributed by atoms with van der Waals surface area (Å²) in [7, 11) is 0. The molecule has 0 saturated heterocycles. The average Bonchev–Trinajstić information content (AvgIpc) is 2.71. The number of nitrogens with two attached hydrogens (primary N) is 1. The van der Waals surface area contributed by atoms with Crippen molar-refractivity contribution in [2.45, 2.75) is 129 Å². The van der Waals surface area contributed by atoms with Gasteiger partial charge >= 0.3 is 0 Å². The molecule has 2 heteroatoms. The molecule has 2 N–H and O–H groups in total. The van der Waals surface area contributed by atoms with Crippen LogP contribution in [-0.2, 0) is 0 Å². The molecule has 1 atom stereocenters. The Bertz CT molecular complexity index is 441. The number of benzene rings is 1. The van der Waals surface area contributed by atoms with Crippen LogP contribution in [0.5, 0.6) is 0 Å². The second-order valence-corrected chi connectivity index (χ2v) is 8.58. The molecule has 1 nitrogen and oxygen atoms in total. The Hall–Kier alpha value is -0.530. The molecule has 0 aliphatic carbocycles. The summed E-state index contributed by atoms with van der Waals surface area (Å²) in [6.45, 7) is 6.80. The zero-order valence-electron chi connectivity index (χ0n) is 19.1. The monoisotopic (exact) mass is 409 g/mol. The van der Waals surface area contributed by atoms with Gasteiger partial charge in [0.25, 0.3) is 0 Å².